The molecule has 2 aromatic rings. The standard InChI is InChI=1S/C17H22FN3O3/c1-24-17-7-12(3-4-14(17)18)9-20-5-2-6-21-13(10-20)8-15(19-21)16(23)11-22/h3-4,7-8,16,22-23H,2,5-6,9-11H2,1H3. The van der Waals surface area contributed by atoms with Gasteiger partial charge in [-0.2, -0.15) is 5.10 Å². The number of halogens is 1. The van der Waals surface area contributed by atoms with Gasteiger partial charge in [0.1, 0.15) is 6.10 Å². The Morgan fingerprint density at radius 1 is 1.33 bits per heavy atom. The van der Waals surface area contributed by atoms with Gasteiger partial charge in [-0.25, -0.2) is 4.39 Å². The molecular formula is C17H22FN3O3. The smallest absolute Gasteiger partial charge is 0.165 e. The van der Waals surface area contributed by atoms with Gasteiger partial charge in [0, 0.05) is 26.2 Å². The minimum absolute atomic E-state index is 0.251. The Morgan fingerprint density at radius 3 is 2.92 bits per heavy atom. The fourth-order valence-corrected chi connectivity index (χ4v) is 3.00. The number of fused-ring (bicyclic) bond motifs is 1. The van der Waals surface area contributed by atoms with Crippen molar-refractivity contribution in [1.29, 1.82) is 0 Å². The first-order chi connectivity index (χ1) is 11.6. The number of aliphatic hydroxyl groups is 2. The molecule has 2 N–H and O–H groups in total. The zero-order valence-corrected chi connectivity index (χ0v) is 13.7. The predicted molar refractivity (Wildman–Crippen MR) is 86.0 cm³/mol. The van der Waals surface area contributed by atoms with Gasteiger partial charge in [-0.05, 0) is 30.2 Å². The number of rotatable bonds is 5. The number of aryl methyl sites for hydroxylation is 1. The van der Waals surface area contributed by atoms with Gasteiger partial charge < -0.3 is 14.9 Å². The van der Waals surface area contributed by atoms with Gasteiger partial charge in [0.25, 0.3) is 0 Å². The van der Waals surface area contributed by atoms with E-state index in [0.717, 1.165) is 30.8 Å². The largest absolute Gasteiger partial charge is 0.494 e. The third kappa shape index (κ3) is 3.58. The first kappa shape index (κ1) is 16.9. The molecule has 0 saturated heterocycles. The summed E-state index contributed by atoms with van der Waals surface area (Å²) in [5.41, 5.74) is 2.48. The van der Waals surface area contributed by atoms with E-state index in [-0.39, 0.29) is 18.2 Å². The Kier molecular flexibility index (Phi) is 5.13. The minimum Gasteiger partial charge on any atom is -0.494 e. The summed E-state index contributed by atoms with van der Waals surface area (Å²) in [6.45, 7) is 2.71. The highest BCUT2D eigenvalue weighted by atomic mass is 19.1. The van der Waals surface area contributed by atoms with Crippen LogP contribution in [0.3, 0.4) is 0 Å². The van der Waals surface area contributed by atoms with Gasteiger partial charge >= 0.3 is 0 Å². The first-order valence-electron chi connectivity index (χ1n) is 8.01. The van der Waals surface area contributed by atoms with E-state index in [1.807, 2.05) is 10.7 Å². The third-order valence-corrected chi connectivity index (χ3v) is 4.25. The molecule has 1 aliphatic heterocycles. The number of aliphatic hydroxyl groups excluding tert-OH is 2. The van der Waals surface area contributed by atoms with Crippen molar-refractivity contribution < 1.29 is 19.3 Å². The van der Waals surface area contributed by atoms with E-state index >= 15 is 0 Å². The van der Waals surface area contributed by atoms with E-state index in [1.54, 1.807) is 12.1 Å². The molecule has 1 unspecified atom stereocenters. The summed E-state index contributed by atoms with van der Waals surface area (Å²) in [5.74, 6) is -0.112. The molecule has 0 bridgehead atoms. The van der Waals surface area contributed by atoms with E-state index in [0.29, 0.717) is 18.8 Å². The van der Waals surface area contributed by atoms with Crippen molar-refractivity contribution in [2.45, 2.75) is 32.2 Å². The van der Waals surface area contributed by atoms with Crippen molar-refractivity contribution in [2.75, 3.05) is 20.3 Å². The van der Waals surface area contributed by atoms with E-state index in [4.69, 9.17) is 9.84 Å². The van der Waals surface area contributed by atoms with Crippen LogP contribution in [0.5, 0.6) is 5.75 Å². The lowest BCUT2D eigenvalue weighted by Gasteiger charge is -2.20. The van der Waals surface area contributed by atoms with Crippen molar-refractivity contribution in [3.63, 3.8) is 0 Å². The van der Waals surface area contributed by atoms with Crippen molar-refractivity contribution in [1.82, 2.24) is 14.7 Å². The Bertz CT molecular complexity index is 704. The molecule has 0 radical (unpaired) electrons. The van der Waals surface area contributed by atoms with Gasteiger partial charge in [-0.3, -0.25) is 9.58 Å². The van der Waals surface area contributed by atoms with Gasteiger partial charge in [-0.1, -0.05) is 6.07 Å². The van der Waals surface area contributed by atoms with E-state index in [2.05, 4.69) is 10.00 Å². The van der Waals surface area contributed by atoms with Gasteiger partial charge in [0.05, 0.1) is 25.1 Å². The van der Waals surface area contributed by atoms with Crippen LogP contribution in [0.4, 0.5) is 4.39 Å². The van der Waals surface area contributed by atoms with Crippen LogP contribution in [0.1, 0.15) is 29.5 Å². The minimum atomic E-state index is -0.945. The maximum absolute atomic E-state index is 13.5. The van der Waals surface area contributed by atoms with Crippen LogP contribution in [-0.4, -0.2) is 45.2 Å². The second-order valence-electron chi connectivity index (χ2n) is 6.02. The summed E-state index contributed by atoms with van der Waals surface area (Å²) in [6, 6.07) is 6.75. The monoisotopic (exact) mass is 335 g/mol. The van der Waals surface area contributed by atoms with E-state index in [9.17, 15) is 9.50 Å². The number of benzene rings is 1. The van der Waals surface area contributed by atoms with Crippen molar-refractivity contribution in [2.24, 2.45) is 0 Å². The fraction of sp³-hybridized carbons (Fsp3) is 0.471. The van der Waals surface area contributed by atoms with Crippen molar-refractivity contribution >= 4 is 0 Å². The van der Waals surface area contributed by atoms with Crippen LogP contribution >= 0.6 is 0 Å². The van der Waals surface area contributed by atoms with Crippen LogP contribution in [-0.2, 0) is 19.6 Å². The highest BCUT2D eigenvalue weighted by Crippen LogP contribution is 2.22. The first-order valence-corrected chi connectivity index (χ1v) is 8.01. The molecule has 6 nitrogen and oxygen atoms in total. The van der Waals surface area contributed by atoms with Crippen LogP contribution in [0.15, 0.2) is 24.3 Å². The highest BCUT2D eigenvalue weighted by molar-refractivity contribution is 5.30. The molecule has 1 aromatic heterocycles. The summed E-state index contributed by atoms with van der Waals surface area (Å²) < 4.78 is 20.5. The summed E-state index contributed by atoms with van der Waals surface area (Å²) in [6.07, 6.45) is -0.0129. The molecule has 1 aliphatic rings. The number of hydrogen-bond donors (Lipinski definition) is 2. The fourth-order valence-electron chi connectivity index (χ4n) is 3.00. The third-order valence-electron chi connectivity index (χ3n) is 4.25. The average molecular weight is 335 g/mol. The molecule has 3 rings (SSSR count). The molecule has 7 heteroatoms. The van der Waals surface area contributed by atoms with Crippen LogP contribution < -0.4 is 4.74 Å². The lowest BCUT2D eigenvalue weighted by atomic mass is 10.2. The Morgan fingerprint density at radius 2 is 2.17 bits per heavy atom. The van der Waals surface area contributed by atoms with Gasteiger partial charge in [0.2, 0.25) is 0 Å². The molecule has 0 fully saturated rings. The molecule has 0 aliphatic carbocycles. The molecule has 2 heterocycles. The highest BCUT2D eigenvalue weighted by Gasteiger charge is 2.19. The number of ether oxygens (including phenoxy) is 1. The topological polar surface area (TPSA) is 70.8 Å². The van der Waals surface area contributed by atoms with Crippen LogP contribution in [0.2, 0.25) is 0 Å². The van der Waals surface area contributed by atoms with E-state index in [1.165, 1.54) is 13.2 Å². The Balaban J connectivity index is 1.75. The number of hydrogen-bond acceptors (Lipinski definition) is 5. The van der Waals surface area contributed by atoms with E-state index < -0.39 is 6.10 Å². The number of nitrogens with zero attached hydrogens (tertiary/aromatic N) is 3. The normalized spacial score (nSPS) is 16.5. The maximum Gasteiger partial charge on any atom is 0.165 e. The second kappa shape index (κ2) is 7.29. The van der Waals surface area contributed by atoms with Gasteiger partial charge in [-0.15, -0.1) is 0 Å². The zero-order chi connectivity index (χ0) is 17.1. The summed E-state index contributed by atoms with van der Waals surface area (Å²) in [5, 5.41) is 23.2. The molecule has 130 valence electrons. The summed E-state index contributed by atoms with van der Waals surface area (Å²) in [7, 11) is 1.46. The molecule has 24 heavy (non-hydrogen) atoms. The SMILES string of the molecule is COc1cc(CN2CCCn3nc(C(O)CO)cc3C2)ccc1F. The quantitative estimate of drug-likeness (QED) is 0.866. The van der Waals surface area contributed by atoms with Gasteiger partial charge in [0.15, 0.2) is 11.6 Å². The average Bonchev–Trinajstić information content (AvgIpc) is 2.89. The Hall–Kier alpha value is -1.96. The molecule has 0 saturated carbocycles. The molecule has 1 atom stereocenters. The summed E-state index contributed by atoms with van der Waals surface area (Å²) in [4.78, 5) is 2.25. The second-order valence-corrected chi connectivity index (χ2v) is 6.02. The molecular weight excluding hydrogens is 313 g/mol. The maximum atomic E-state index is 13.5. The lowest BCUT2D eigenvalue weighted by molar-refractivity contribution is 0.0916. The van der Waals surface area contributed by atoms with Crippen LogP contribution in [0, 0.1) is 5.82 Å². The Labute approximate surface area is 140 Å². The van der Waals surface area contributed by atoms with Crippen molar-refractivity contribution in [3.05, 3.63) is 47.0 Å². The van der Waals surface area contributed by atoms with Crippen molar-refractivity contribution in [3.8, 4) is 5.75 Å². The molecule has 1 aromatic carbocycles. The molecule has 0 amide bonds. The zero-order valence-electron chi connectivity index (χ0n) is 13.7. The predicted octanol–water partition coefficient (Wildman–Crippen LogP) is 1.46. The number of aromatic nitrogens is 2. The lowest BCUT2D eigenvalue weighted by Crippen LogP contribution is -2.22. The number of methoxy groups -OCH3 is 1. The molecule has 0 spiro atoms. The summed E-state index contributed by atoms with van der Waals surface area (Å²) >= 11 is 0. The van der Waals surface area contributed by atoms with Crippen LogP contribution in [0.25, 0.3) is 0 Å².